The number of amides is 1. The minimum absolute atomic E-state index is 0.0201. The molecule has 1 amide bonds. The average Bonchev–Trinajstić information content (AvgIpc) is 3.15. The summed E-state index contributed by atoms with van der Waals surface area (Å²) in [4.78, 5) is 18.0. The Hall–Kier alpha value is -2.35. The predicted octanol–water partition coefficient (Wildman–Crippen LogP) is 4.08. The van der Waals surface area contributed by atoms with Gasteiger partial charge in [0, 0.05) is 7.05 Å². The van der Waals surface area contributed by atoms with E-state index >= 15 is 0 Å². The Bertz CT molecular complexity index is 891. The van der Waals surface area contributed by atoms with Crippen molar-refractivity contribution in [2.75, 3.05) is 12.8 Å². The number of aryl methyl sites for hydroxylation is 1. The van der Waals surface area contributed by atoms with E-state index in [1.165, 1.54) is 4.90 Å². The van der Waals surface area contributed by atoms with Gasteiger partial charge < -0.3 is 9.32 Å². The molecular formula is C17H17F2N3O2S. The second-order valence-electron chi connectivity index (χ2n) is 5.58. The molecule has 25 heavy (non-hydrogen) atoms. The third-order valence-corrected chi connectivity index (χ3v) is 4.64. The van der Waals surface area contributed by atoms with Gasteiger partial charge in [0.2, 0.25) is 5.91 Å². The van der Waals surface area contributed by atoms with Gasteiger partial charge >= 0.3 is 6.55 Å². The van der Waals surface area contributed by atoms with Crippen molar-refractivity contribution < 1.29 is 18.0 Å². The highest BCUT2D eigenvalue weighted by atomic mass is 32.2. The molecular weight excluding hydrogens is 348 g/mol. The normalized spacial score (nSPS) is 11.4. The van der Waals surface area contributed by atoms with E-state index in [4.69, 9.17) is 4.42 Å². The van der Waals surface area contributed by atoms with E-state index in [2.05, 4.69) is 4.98 Å². The lowest BCUT2D eigenvalue weighted by Gasteiger charge is -2.15. The van der Waals surface area contributed by atoms with Crippen molar-refractivity contribution in [1.29, 1.82) is 0 Å². The van der Waals surface area contributed by atoms with Gasteiger partial charge in [-0.15, -0.1) is 0 Å². The molecule has 0 spiro atoms. The van der Waals surface area contributed by atoms with E-state index < -0.39 is 6.55 Å². The van der Waals surface area contributed by atoms with Crippen molar-refractivity contribution in [3.63, 3.8) is 0 Å². The predicted molar refractivity (Wildman–Crippen MR) is 91.6 cm³/mol. The van der Waals surface area contributed by atoms with Crippen LogP contribution in [0.4, 0.5) is 8.78 Å². The fraction of sp³-hybridized carbons (Fsp3) is 0.294. The molecule has 0 aliphatic rings. The maximum Gasteiger partial charge on any atom is 0.321 e. The van der Waals surface area contributed by atoms with Crippen molar-refractivity contribution in [2.24, 2.45) is 0 Å². The maximum atomic E-state index is 13.4. The highest BCUT2D eigenvalue weighted by Gasteiger charge is 2.20. The number of fused-ring (bicyclic) bond motifs is 1. The molecule has 5 nitrogen and oxygen atoms in total. The Morgan fingerprint density at radius 2 is 2.08 bits per heavy atom. The zero-order valence-corrected chi connectivity index (χ0v) is 14.6. The Kier molecular flexibility index (Phi) is 5.08. The number of furan rings is 1. The van der Waals surface area contributed by atoms with Crippen LogP contribution in [0.25, 0.3) is 11.0 Å². The van der Waals surface area contributed by atoms with Gasteiger partial charge in [0.05, 0.1) is 23.3 Å². The zero-order valence-electron chi connectivity index (χ0n) is 13.8. The summed E-state index contributed by atoms with van der Waals surface area (Å²) in [5.74, 6) is 1.28. The largest absolute Gasteiger partial charge is 0.464 e. The summed E-state index contributed by atoms with van der Waals surface area (Å²) < 4.78 is 33.0. The van der Waals surface area contributed by atoms with Gasteiger partial charge in [0.25, 0.3) is 0 Å². The number of rotatable bonds is 6. The number of carbonyl (C=O) groups excluding carboxylic acids is 1. The molecule has 0 saturated carbocycles. The van der Waals surface area contributed by atoms with Gasteiger partial charge in [0.15, 0.2) is 5.16 Å². The van der Waals surface area contributed by atoms with Crippen molar-refractivity contribution in [2.45, 2.75) is 25.2 Å². The van der Waals surface area contributed by atoms with E-state index in [1.807, 2.05) is 19.1 Å². The molecule has 132 valence electrons. The summed E-state index contributed by atoms with van der Waals surface area (Å²) >= 11 is 1.00. The van der Waals surface area contributed by atoms with Crippen molar-refractivity contribution in [1.82, 2.24) is 14.5 Å². The Morgan fingerprint density at radius 1 is 1.32 bits per heavy atom. The molecule has 2 aromatic heterocycles. The van der Waals surface area contributed by atoms with Crippen LogP contribution in [0.5, 0.6) is 0 Å². The van der Waals surface area contributed by atoms with Gasteiger partial charge in [0.1, 0.15) is 11.5 Å². The Morgan fingerprint density at radius 3 is 2.76 bits per heavy atom. The number of aromatic nitrogens is 2. The van der Waals surface area contributed by atoms with Crippen LogP contribution in [0, 0.1) is 6.92 Å². The van der Waals surface area contributed by atoms with Crippen molar-refractivity contribution >= 4 is 28.7 Å². The Balaban J connectivity index is 1.69. The number of halogens is 2. The summed E-state index contributed by atoms with van der Waals surface area (Å²) in [5, 5.41) is 0.131. The van der Waals surface area contributed by atoms with Gasteiger partial charge in [-0.25, -0.2) is 4.98 Å². The first-order valence-electron chi connectivity index (χ1n) is 7.63. The van der Waals surface area contributed by atoms with Crippen LogP contribution in [0.1, 0.15) is 18.1 Å². The molecule has 3 aromatic rings. The monoisotopic (exact) mass is 365 g/mol. The standard InChI is InChI=1S/C17H17F2N3O2S/c1-11-7-8-12(24-11)9-21(2)15(23)10-25-17-20-13-5-3-4-6-14(13)22(17)16(18)19/h3-8,16H,9-10H2,1-2H3. The number of thioether (sulfide) groups is 1. The molecule has 0 N–H and O–H groups in total. The molecule has 0 atom stereocenters. The summed E-state index contributed by atoms with van der Waals surface area (Å²) in [6, 6.07) is 10.3. The molecule has 0 radical (unpaired) electrons. The maximum absolute atomic E-state index is 13.4. The number of benzene rings is 1. The molecule has 0 saturated heterocycles. The van der Waals surface area contributed by atoms with Crippen LogP contribution in [0.3, 0.4) is 0 Å². The second kappa shape index (κ2) is 7.26. The van der Waals surface area contributed by atoms with Crippen LogP contribution in [0.15, 0.2) is 46.0 Å². The molecule has 0 fully saturated rings. The molecule has 0 aliphatic carbocycles. The smallest absolute Gasteiger partial charge is 0.321 e. The van der Waals surface area contributed by atoms with Gasteiger partial charge in [-0.1, -0.05) is 23.9 Å². The fourth-order valence-electron chi connectivity index (χ4n) is 2.44. The first-order valence-corrected chi connectivity index (χ1v) is 8.61. The van der Waals surface area contributed by atoms with E-state index in [1.54, 1.807) is 31.3 Å². The van der Waals surface area contributed by atoms with Gasteiger partial charge in [-0.2, -0.15) is 8.78 Å². The number of carbonyl (C=O) groups is 1. The highest BCUT2D eigenvalue weighted by molar-refractivity contribution is 7.99. The van der Waals surface area contributed by atoms with E-state index in [0.717, 1.165) is 22.1 Å². The summed E-state index contributed by atoms with van der Waals surface area (Å²) in [5.41, 5.74) is 0.837. The number of nitrogens with zero attached hydrogens (tertiary/aromatic N) is 3. The lowest BCUT2D eigenvalue weighted by Crippen LogP contribution is -2.27. The quantitative estimate of drug-likeness (QED) is 0.618. The topological polar surface area (TPSA) is 51.3 Å². The first kappa shape index (κ1) is 17.5. The number of alkyl halides is 2. The number of hydrogen-bond acceptors (Lipinski definition) is 4. The van der Waals surface area contributed by atoms with Gasteiger partial charge in [-0.05, 0) is 31.2 Å². The lowest BCUT2D eigenvalue weighted by atomic mass is 10.3. The first-order chi connectivity index (χ1) is 12.0. The van der Waals surface area contributed by atoms with E-state index in [0.29, 0.717) is 23.3 Å². The summed E-state index contributed by atoms with van der Waals surface area (Å²) in [7, 11) is 1.65. The summed E-state index contributed by atoms with van der Waals surface area (Å²) in [6.07, 6.45) is 0. The summed E-state index contributed by atoms with van der Waals surface area (Å²) in [6.45, 7) is -0.553. The molecule has 0 bridgehead atoms. The van der Waals surface area contributed by atoms with Crippen LogP contribution in [-0.4, -0.2) is 33.2 Å². The van der Waals surface area contributed by atoms with E-state index in [-0.39, 0.29) is 16.8 Å². The third kappa shape index (κ3) is 3.84. The second-order valence-corrected chi connectivity index (χ2v) is 6.52. The zero-order chi connectivity index (χ0) is 18.0. The fourth-order valence-corrected chi connectivity index (χ4v) is 3.39. The van der Waals surface area contributed by atoms with Crippen LogP contribution < -0.4 is 0 Å². The lowest BCUT2D eigenvalue weighted by molar-refractivity contribution is -0.127. The SMILES string of the molecule is Cc1ccc(CN(C)C(=O)CSc2nc3ccccc3n2C(F)F)o1. The molecule has 0 unspecified atom stereocenters. The van der Waals surface area contributed by atoms with E-state index in [9.17, 15) is 13.6 Å². The van der Waals surface area contributed by atoms with Crippen molar-refractivity contribution in [3.8, 4) is 0 Å². The van der Waals surface area contributed by atoms with Crippen LogP contribution in [-0.2, 0) is 11.3 Å². The molecule has 3 rings (SSSR count). The molecule has 2 heterocycles. The van der Waals surface area contributed by atoms with Crippen molar-refractivity contribution in [3.05, 3.63) is 47.9 Å². The number of hydrogen-bond donors (Lipinski definition) is 0. The number of imidazole rings is 1. The molecule has 8 heteroatoms. The Labute approximate surface area is 147 Å². The third-order valence-electron chi connectivity index (χ3n) is 3.70. The average molecular weight is 365 g/mol. The van der Waals surface area contributed by atoms with Gasteiger partial charge in [-0.3, -0.25) is 9.36 Å². The minimum Gasteiger partial charge on any atom is -0.464 e. The highest BCUT2D eigenvalue weighted by Crippen LogP contribution is 2.29. The minimum atomic E-state index is -2.71. The van der Waals surface area contributed by atoms with Crippen LogP contribution >= 0.6 is 11.8 Å². The van der Waals surface area contributed by atoms with Crippen LogP contribution in [0.2, 0.25) is 0 Å². The molecule has 1 aromatic carbocycles. The molecule has 0 aliphatic heterocycles. The number of para-hydroxylation sites is 2.